The van der Waals surface area contributed by atoms with Gasteiger partial charge in [0.05, 0.1) is 6.10 Å². The molecule has 0 aromatic carbocycles. The zero-order valence-corrected chi connectivity index (χ0v) is 14.3. The van der Waals surface area contributed by atoms with Crippen LogP contribution < -0.4 is 0 Å². The smallest absolute Gasteiger partial charge is 0.303 e. The number of carboxylic acids is 1. The summed E-state index contributed by atoms with van der Waals surface area (Å²) in [7, 11) is 0. The summed E-state index contributed by atoms with van der Waals surface area (Å²) in [5, 5.41) is 18.1. The van der Waals surface area contributed by atoms with E-state index in [1.165, 1.54) is 32.1 Å². The first-order chi connectivity index (χ1) is 9.75. The van der Waals surface area contributed by atoms with E-state index in [1.54, 1.807) is 0 Å². The number of aliphatic hydroxyl groups excluding tert-OH is 1. The number of carboxylic acid groups (broad SMARTS) is 1. The van der Waals surface area contributed by atoms with E-state index in [0.29, 0.717) is 11.8 Å². The van der Waals surface area contributed by atoms with Gasteiger partial charge in [-0.25, -0.2) is 0 Å². The minimum Gasteiger partial charge on any atom is -0.481 e. The molecule has 2 rings (SSSR count). The highest BCUT2D eigenvalue weighted by Crippen LogP contribution is 2.65. The molecule has 0 spiro atoms. The fourth-order valence-corrected chi connectivity index (χ4v) is 4.04. The molecule has 2 saturated carbocycles. The first kappa shape index (κ1) is 18.5. The quantitative estimate of drug-likeness (QED) is 0.703. The highest BCUT2D eigenvalue weighted by Gasteiger charge is 2.60. The van der Waals surface area contributed by atoms with E-state index in [1.807, 2.05) is 0 Å². The van der Waals surface area contributed by atoms with Crippen molar-refractivity contribution in [2.75, 3.05) is 0 Å². The molecule has 3 atom stereocenters. The first-order valence-corrected chi connectivity index (χ1v) is 8.65. The van der Waals surface area contributed by atoms with Crippen LogP contribution >= 0.6 is 0 Å². The molecule has 124 valence electrons. The predicted octanol–water partition coefficient (Wildman–Crippen LogP) is 4.63. The molecule has 3 unspecified atom stereocenters. The van der Waals surface area contributed by atoms with Crippen molar-refractivity contribution in [3.05, 3.63) is 0 Å². The maximum absolute atomic E-state index is 10.0. The Morgan fingerprint density at radius 1 is 1.14 bits per heavy atom. The van der Waals surface area contributed by atoms with Crippen molar-refractivity contribution >= 4 is 5.97 Å². The molecule has 2 fully saturated rings. The molecule has 0 heterocycles. The third kappa shape index (κ3) is 4.21. The summed E-state index contributed by atoms with van der Waals surface area (Å²) in [6, 6.07) is 0. The Morgan fingerprint density at radius 2 is 1.76 bits per heavy atom. The number of fused-ring (bicyclic) bond motifs is 2. The summed E-state index contributed by atoms with van der Waals surface area (Å²) in [6.45, 7) is 9.05. The van der Waals surface area contributed by atoms with Crippen molar-refractivity contribution in [2.45, 2.75) is 91.6 Å². The van der Waals surface area contributed by atoms with Crippen LogP contribution in [0.4, 0.5) is 0 Å². The minimum atomic E-state index is -0.670. The van der Waals surface area contributed by atoms with Gasteiger partial charge in [0.2, 0.25) is 0 Å². The Kier molecular flexibility index (Phi) is 6.71. The van der Waals surface area contributed by atoms with E-state index in [0.717, 1.165) is 25.2 Å². The van der Waals surface area contributed by atoms with Crippen LogP contribution in [0.2, 0.25) is 0 Å². The lowest BCUT2D eigenvalue weighted by molar-refractivity contribution is -0.137. The van der Waals surface area contributed by atoms with Gasteiger partial charge in [0.15, 0.2) is 0 Å². The zero-order valence-electron chi connectivity index (χ0n) is 14.3. The van der Waals surface area contributed by atoms with Crippen LogP contribution in [0.5, 0.6) is 0 Å². The second kappa shape index (κ2) is 7.62. The lowest BCUT2D eigenvalue weighted by Gasteiger charge is -2.36. The van der Waals surface area contributed by atoms with Gasteiger partial charge < -0.3 is 10.2 Å². The third-order valence-electron chi connectivity index (χ3n) is 6.24. The summed E-state index contributed by atoms with van der Waals surface area (Å²) in [4.78, 5) is 10.0. The van der Waals surface area contributed by atoms with Gasteiger partial charge >= 0.3 is 5.97 Å². The summed E-state index contributed by atoms with van der Waals surface area (Å²) < 4.78 is 0. The Balaban J connectivity index is 0.000000212. The standard InChI is InChI=1S/C10H18O.C8H16O2/c1-9(2)7-4-5-10(9,3)8(11)6-7;1-2-3-4-5-6-7-8(9)10/h7-8,11H,4-6H2,1-3H3;2-7H2,1H3,(H,9,10). The lowest BCUT2D eigenvalue weighted by Crippen LogP contribution is -2.35. The second-order valence-corrected chi connectivity index (χ2v) is 7.68. The van der Waals surface area contributed by atoms with Crippen LogP contribution in [-0.4, -0.2) is 22.3 Å². The van der Waals surface area contributed by atoms with Crippen LogP contribution in [0.1, 0.15) is 85.5 Å². The third-order valence-corrected chi connectivity index (χ3v) is 6.24. The summed E-state index contributed by atoms with van der Waals surface area (Å²) >= 11 is 0. The predicted molar refractivity (Wildman–Crippen MR) is 86.2 cm³/mol. The monoisotopic (exact) mass is 298 g/mol. The van der Waals surface area contributed by atoms with E-state index in [9.17, 15) is 9.90 Å². The molecule has 21 heavy (non-hydrogen) atoms. The summed E-state index contributed by atoms with van der Waals surface area (Å²) in [5.74, 6) is 0.110. The molecule has 0 aromatic rings. The van der Waals surface area contributed by atoms with Crippen LogP contribution in [0.15, 0.2) is 0 Å². The molecule has 0 radical (unpaired) electrons. The van der Waals surface area contributed by atoms with E-state index < -0.39 is 5.97 Å². The number of rotatable bonds is 6. The number of aliphatic hydroxyl groups is 1. The molecule has 0 aromatic heterocycles. The van der Waals surface area contributed by atoms with Crippen molar-refractivity contribution in [2.24, 2.45) is 16.7 Å². The molecule has 0 aliphatic heterocycles. The van der Waals surface area contributed by atoms with E-state index in [-0.39, 0.29) is 11.5 Å². The number of carbonyl (C=O) groups is 1. The Labute approximate surface area is 130 Å². The van der Waals surface area contributed by atoms with Gasteiger partial charge in [0.1, 0.15) is 0 Å². The molecular weight excluding hydrogens is 264 g/mol. The molecule has 2 aliphatic carbocycles. The molecule has 2 N–H and O–H groups in total. The number of unbranched alkanes of at least 4 members (excludes halogenated alkanes) is 4. The van der Waals surface area contributed by atoms with Gasteiger partial charge in [-0.05, 0) is 42.4 Å². The van der Waals surface area contributed by atoms with E-state index >= 15 is 0 Å². The van der Waals surface area contributed by atoms with Gasteiger partial charge in [-0.2, -0.15) is 0 Å². The highest BCUT2D eigenvalue weighted by atomic mass is 16.4. The largest absolute Gasteiger partial charge is 0.481 e. The zero-order chi connectivity index (χ0) is 16.1. The molecule has 2 bridgehead atoms. The number of hydrogen-bond acceptors (Lipinski definition) is 2. The molecule has 3 nitrogen and oxygen atoms in total. The number of hydrogen-bond donors (Lipinski definition) is 2. The first-order valence-electron chi connectivity index (χ1n) is 8.65. The summed E-state index contributed by atoms with van der Waals surface area (Å²) in [6.07, 6.45) is 9.46. The maximum Gasteiger partial charge on any atom is 0.303 e. The fraction of sp³-hybridized carbons (Fsp3) is 0.944. The van der Waals surface area contributed by atoms with Crippen molar-refractivity contribution in [1.29, 1.82) is 0 Å². The topological polar surface area (TPSA) is 57.5 Å². The lowest BCUT2D eigenvalue weighted by atomic mass is 9.70. The second-order valence-electron chi connectivity index (χ2n) is 7.68. The SMILES string of the molecule is CC1(C)C2CCC1(C)C(O)C2.CCCCCCCC(=O)O. The van der Waals surface area contributed by atoms with Gasteiger partial charge in [-0.1, -0.05) is 53.4 Å². The fourth-order valence-electron chi connectivity index (χ4n) is 4.04. The van der Waals surface area contributed by atoms with Gasteiger partial charge in [-0.15, -0.1) is 0 Å². The van der Waals surface area contributed by atoms with Gasteiger partial charge in [0.25, 0.3) is 0 Å². The van der Waals surface area contributed by atoms with E-state index in [4.69, 9.17) is 5.11 Å². The maximum atomic E-state index is 10.0. The molecule has 0 saturated heterocycles. The minimum absolute atomic E-state index is 0.0313. The van der Waals surface area contributed by atoms with E-state index in [2.05, 4.69) is 27.7 Å². The normalized spacial score (nSPS) is 32.6. The molecule has 0 amide bonds. The van der Waals surface area contributed by atoms with Crippen molar-refractivity contribution in [1.82, 2.24) is 0 Å². The van der Waals surface area contributed by atoms with Crippen molar-refractivity contribution in [3.8, 4) is 0 Å². The van der Waals surface area contributed by atoms with Crippen molar-refractivity contribution < 1.29 is 15.0 Å². The highest BCUT2D eigenvalue weighted by molar-refractivity contribution is 5.66. The van der Waals surface area contributed by atoms with Crippen LogP contribution in [0, 0.1) is 16.7 Å². The Morgan fingerprint density at radius 3 is 2.10 bits per heavy atom. The van der Waals surface area contributed by atoms with Gasteiger partial charge in [0, 0.05) is 6.42 Å². The van der Waals surface area contributed by atoms with Crippen molar-refractivity contribution in [3.63, 3.8) is 0 Å². The van der Waals surface area contributed by atoms with Crippen LogP contribution in [0.3, 0.4) is 0 Å². The molecular formula is C18H34O3. The molecule has 3 heteroatoms. The summed E-state index contributed by atoms with van der Waals surface area (Å²) in [5.41, 5.74) is 0.601. The Hall–Kier alpha value is -0.570. The Bertz CT molecular complexity index is 337. The molecule has 2 aliphatic rings. The van der Waals surface area contributed by atoms with Crippen LogP contribution in [-0.2, 0) is 4.79 Å². The van der Waals surface area contributed by atoms with Gasteiger partial charge in [-0.3, -0.25) is 4.79 Å². The number of aliphatic carboxylic acids is 1. The average molecular weight is 298 g/mol. The van der Waals surface area contributed by atoms with Crippen LogP contribution in [0.25, 0.3) is 0 Å². The average Bonchev–Trinajstić information content (AvgIpc) is 2.72.